The molecule has 1 rings (SSSR count). The van der Waals surface area contributed by atoms with Gasteiger partial charge in [0.05, 0.1) is 12.2 Å². The van der Waals surface area contributed by atoms with E-state index in [1.807, 2.05) is 12.1 Å². The van der Waals surface area contributed by atoms with Gasteiger partial charge in [-0.3, -0.25) is 0 Å². The molecule has 0 heterocycles. The average molecular weight is 285 g/mol. The van der Waals surface area contributed by atoms with Crippen molar-refractivity contribution in [3.8, 4) is 0 Å². The van der Waals surface area contributed by atoms with Crippen molar-refractivity contribution < 1.29 is 9.53 Å². The number of benzene rings is 1. The third-order valence-corrected chi connectivity index (χ3v) is 2.73. The second-order valence-corrected chi connectivity index (χ2v) is 5.61. The number of rotatable bonds is 2. The minimum Gasteiger partial charge on any atom is -0.462 e. The van der Waals surface area contributed by atoms with Gasteiger partial charge in [0, 0.05) is 4.47 Å². The Morgan fingerprint density at radius 1 is 1.31 bits per heavy atom. The lowest BCUT2D eigenvalue weighted by molar-refractivity contribution is 0.0526. The lowest BCUT2D eigenvalue weighted by Gasteiger charge is -2.20. The first-order valence-corrected chi connectivity index (χ1v) is 6.12. The summed E-state index contributed by atoms with van der Waals surface area (Å²) in [5.74, 6) is -0.269. The summed E-state index contributed by atoms with van der Waals surface area (Å²) in [5.41, 5.74) is 1.73. The lowest BCUT2D eigenvalue weighted by Crippen LogP contribution is -2.13. The minimum absolute atomic E-state index is 0.0189. The van der Waals surface area contributed by atoms with E-state index in [4.69, 9.17) is 4.74 Å². The highest BCUT2D eigenvalue weighted by atomic mass is 79.9. The Balaban J connectivity index is 3.13. The van der Waals surface area contributed by atoms with Crippen molar-refractivity contribution in [1.82, 2.24) is 0 Å². The van der Waals surface area contributed by atoms with Crippen LogP contribution in [0.5, 0.6) is 0 Å². The van der Waals surface area contributed by atoms with E-state index in [2.05, 4.69) is 36.7 Å². The van der Waals surface area contributed by atoms with Crippen molar-refractivity contribution >= 4 is 21.9 Å². The van der Waals surface area contributed by atoms with Crippen LogP contribution < -0.4 is 0 Å². The smallest absolute Gasteiger partial charge is 0.338 e. The summed E-state index contributed by atoms with van der Waals surface area (Å²) in [4.78, 5) is 11.6. The van der Waals surface area contributed by atoms with Crippen molar-refractivity contribution in [2.45, 2.75) is 33.1 Å². The Labute approximate surface area is 105 Å². The Hall–Kier alpha value is -0.830. The fourth-order valence-electron chi connectivity index (χ4n) is 1.35. The molecule has 0 saturated carbocycles. The van der Waals surface area contributed by atoms with Gasteiger partial charge in [0.2, 0.25) is 0 Å². The summed E-state index contributed by atoms with van der Waals surface area (Å²) in [6.07, 6.45) is 0. The van der Waals surface area contributed by atoms with Crippen molar-refractivity contribution in [2.24, 2.45) is 0 Å². The van der Waals surface area contributed by atoms with Gasteiger partial charge >= 0.3 is 5.97 Å². The first kappa shape index (κ1) is 13.2. The molecule has 0 N–H and O–H groups in total. The van der Waals surface area contributed by atoms with Crippen LogP contribution in [0.1, 0.15) is 43.6 Å². The molecule has 3 heteroatoms. The molecule has 88 valence electrons. The van der Waals surface area contributed by atoms with Crippen LogP contribution >= 0.6 is 15.9 Å². The van der Waals surface area contributed by atoms with E-state index < -0.39 is 0 Å². The van der Waals surface area contributed by atoms with Gasteiger partial charge in [-0.05, 0) is 36.1 Å². The largest absolute Gasteiger partial charge is 0.462 e. The zero-order valence-electron chi connectivity index (χ0n) is 10.1. The maximum atomic E-state index is 11.6. The molecule has 0 aliphatic heterocycles. The molecule has 0 aliphatic rings. The Morgan fingerprint density at radius 2 is 1.94 bits per heavy atom. The number of hydrogen-bond acceptors (Lipinski definition) is 2. The number of hydrogen-bond donors (Lipinski definition) is 0. The van der Waals surface area contributed by atoms with Crippen LogP contribution in [0.15, 0.2) is 22.7 Å². The van der Waals surface area contributed by atoms with Gasteiger partial charge in [0.1, 0.15) is 0 Å². The SMILES string of the molecule is CCOC(=O)c1cc(Br)cc(C(C)(C)C)c1. The highest BCUT2D eigenvalue weighted by Crippen LogP contribution is 2.27. The Bertz CT molecular complexity index is 391. The molecule has 0 unspecified atom stereocenters. The minimum atomic E-state index is -0.269. The quantitative estimate of drug-likeness (QED) is 0.770. The van der Waals surface area contributed by atoms with E-state index in [9.17, 15) is 4.79 Å². The Kier molecular flexibility index (Phi) is 4.14. The van der Waals surface area contributed by atoms with E-state index in [-0.39, 0.29) is 11.4 Å². The predicted octanol–water partition coefficient (Wildman–Crippen LogP) is 3.92. The van der Waals surface area contributed by atoms with Gasteiger partial charge in [-0.2, -0.15) is 0 Å². The van der Waals surface area contributed by atoms with Crippen molar-refractivity contribution in [3.05, 3.63) is 33.8 Å². The number of carbonyl (C=O) groups excluding carboxylic acids is 1. The van der Waals surface area contributed by atoms with Crippen molar-refractivity contribution in [1.29, 1.82) is 0 Å². The third kappa shape index (κ3) is 3.34. The summed E-state index contributed by atoms with van der Waals surface area (Å²) in [6, 6.07) is 5.71. The summed E-state index contributed by atoms with van der Waals surface area (Å²) >= 11 is 3.42. The molecule has 0 amide bonds. The number of esters is 1. The molecule has 0 spiro atoms. The molecule has 0 atom stereocenters. The van der Waals surface area contributed by atoms with Crippen LogP contribution in [-0.4, -0.2) is 12.6 Å². The van der Waals surface area contributed by atoms with Gasteiger partial charge in [-0.1, -0.05) is 36.7 Å². The molecule has 0 aromatic heterocycles. The number of ether oxygens (including phenoxy) is 1. The topological polar surface area (TPSA) is 26.3 Å². The Morgan fingerprint density at radius 3 is 2.44 bits per heavy atom. The van der Waals surface area contributed by atoms with Crippen molar-refractivity contribution in [2.75, 3.05) is 6.61 Å². The summed E-state index contributed by atoms with van der Waals surface area (Å²) in [5, 5.41) is 0. The molecule has 0 radical (unpaired) electrons. The summed E-state index contributed by atoms with van der Waals surface area (Å²) in [7, 11) is 0. The molecular formula is C13H17BrO2. The molecule has 1 aromatic carbocycles. The van der Waals surface area contributed by atoms with Gasteiger partial charge < -0.3 is 4.74 Å². The standard InChI is InChI=1S/C13H17BrO2/c1-5-16-12(15)9-6-10(13(2,3)4)8-11(14)7-9/h6-8H,5H2,1-4H3. The van der Waals surface area contributed by atoms with Crippen LogP contribution in [0.4, 0.5) is 0 Å². The summed E-state index contributed by atoms with van der Waals surface area (Å²) in [6.45, 7) is 8.55. The lowest BCUT2D eigenvalue weighted by atomic mass is 9.86. The molecule has 0 saturated heterocycles. The van der Waals surface area contributed by atoms with Gasteiger partial charge in [-0.25, -0.2) is 4.79 Å². The maximum Gasteiger partial charge on any atom is 0.338 e. The number of carbonyl (C=O) groups is 1. The molecule has 1 aromatic rings. The van der Waals surface area contributed by atoms with Crippen LogP contribution in [0, 0.1) is 0 Å². The predicted molar refractivity (Wildman–Crippen MR) is 68.8 cm³/mol. The first-order valence-electron chi connectivity index (χ1n) is 5.33. The summed E-state index contributed by atoms with van der Waals surface area (Å²) < 4.78 is 5.90. The van der Waals surface area contributed by atoms with Gasteiger partial charge in [0.25, 0.3) is 0 Å². The monoisotopic (exact) mass is 284 g/mol. The van der Waals surface area contributed by atoms with Crippen molar-refractivity contribution in [3.63, 3.8) is 0 Å². The van der Waals surface area contributed by atoms with Gasteiger partial charge in [0.15, 0.2) is 0 Å². The first-order chi connectivity index (χ1) is 7.34. The number of halogens is 1. The molecule has 16 heavy (non-hydrogen) atoms. The van der Waals surface area contributed by atoms with E-state index in [0.717, 1.165) is 10.0 Å². The molecule has 0 bridgehead atoms. The van der Waals surface area contributed by atoms with E-state index in [0.29, 0.717) is 12.2 Å². The third-order valence-electron chi connectivity index (χ3n) is 2.27. The van der Waals surface area contributed by atoms with E-state index in [1.165, 1.54) is 0 Å². The molecule has 0 aliphatic carbocycles. The highest BCUT2D eigenvalue weighted by Gasteiger charge is 2.17. The average Bonchev–Trinajstić information content (AvgIpc) is 2.16. The second-order valence-electron chi connectivity index (χ2n) is 4.70. The van der Waals surface area contributed by atoms with Crippen LogP contribution in [0.3, 0.4) is 0 Å². The fourth-order valence-corrected chi connectivity index (χ4v) is 1.85. The van der Waals surface area contributed by atoms with Crippen LogP contribution in [0.25, 0.3) is 0 Å². The zero-order chi connectivity index (χ0) is 12.3. The normalized spacial score (nSPS) is 11.3. The van der Waals surface area contributed by atoms with E-state index in [1.54, 1.807) is 13.0 Å². The van der Waals surface area contributed by atoms with Gasteiger partial charge in [-0.15, -0.1) is 0 Å². The second kappa shape index (κ2) is 5.00. The van der Waals surface area contributed by atoms with E-state index >= 15 is 0 Å². The van der Waals surface area contributed by atoms with Crippen LogP contribution in [-0.2, 0) is 10.2 Å². The highest BCUT2D eigenvalue weighted by molar-refractivity contribution is 9.10. The molecular weight excluding hydrogens is 268 g/mol. The zero-order valence-corrected chi connectivity index (χ0v) is 11.7. The van der Waals surface area contributed by atoms with Crippen LogP contribution in [0.2, 0.25) is 0 Å². The molecule has 2 nitrogen and oxygen atoms in total. The fraction of sp³-hybridized carbons (Fsp3) is 0.462. The molecule has 0 fully saturated rings. The maximum absolute atomic E-state index is 11.6.